The first-order valence-electron chi connectivity index (χ1n) is 8.49. The third-order valence-electron chi connectivity index (χ3n) is 4.10. The summed E-state index contributed by atoms with van der Waals surface area (Å²) in [4.78, 5) is 21.3. The fourth-order valence-corrected chi connectivity index (χ4v) is 2.79. The van der Waals surface area contributed by atoms with Gasteiger partial charge in [-0.2, -0.15) is 4.98 Å². The molecule has 6 nitrogen and oxygen atoms in total. The van der Waals surface area contributed by atoms with Crippen molar-refractivity contribution in [2.75, 3.05) is 12.4 Å². The number of hydrogen-bond donors (Lipinski definition) is 1. The Hall–Kier alpha value is -3.67. The molecule has 0 unspecified atom stereocenters. The van der Waals surface area contributed by atoms with E-state index < -0.39 is 0 Å². The van der Waals surface area contributed by atoms with Crippen molar-refractivity contribution in [3.8, 4) is 17.2 Å². The van der Waals surface area contributed by atoms with Gasteiger partial charge >= 0.3 is 0 Å². The summed E-state index contributed by atoms with van der Waals surface area (Å²) in [7, 11) is 1.54. The molecule has 0 saturated heterocycles. The fraction of sp³-hybridized carbons (Fsp3) is 0.0952. The molecule has 1 aromatic heterocycles. The van der Waals surface area contributed by atoms with Gasteiger partial charge in [0.25, 0.3) is 5.91 Å². The van der Waals surface area contributed by atoms with E-state index >= 15 is 0 Å². The second-order valence-corrected chi connectivity index (χ2v) is 5.90. The lowest BCUT2D eigenvalue weighted by Gasteiger charge is -2.09. The van der Waals surface area contributed by atoms with Gasteiger partial charge in [0, 0.05) is 17.5 Å². The Morgan fingerprint density at radius 3 is 2.96 bits per heavy atom. The van der Waals surface area contributed by atoms with Gasteiger partial charge in [0.15, 0.2) is 10.9 Å². The maximum atomic E-state index is 12.6. The third kappa shape index (κ3) is 3.50. The second-order valence-electron chi connectivity index (χ2n) is 5.90. The number of carbonyl (C=O) groups is 1. The molecule has 134 valence electrons. The van der Waals surface area contributed by atoms with Crippen molar-refractivity contribution in [2.24, 2.45) is 4.99 Å². The average Bonchev–Trinajstić information content (AvgIpc) is 2.98. The zero-order valence-corrected chi connectivity index (χ0v) is 14.7. The van der Waals surface area contributed by atoms with Crippen molar-refractivity contribution in [1.29, 1.82) is 0 Å². The van der Waals surface area contributed by atoms with Gasteiger partial charge in [0.1, 0.15) is 5.75 Å². The molecule has 2 aromatic carbocycles. The van der Waals surface area contributed by atoms with Crippen molar-refractivity contribution in [3.63, 3.8) is 0 Å². The van der Waals surface area contributed by atoms with Crippen LogP contribution in [0.25, 0.3) is 17.5 Å². The number of nitrogens with one attached hydrogen (secondary N) is 1. The molecule has 0 bridgehead atoms. The summed E-state index contributed by atoms with van der Waals surface area (Å²) in [5.74, 6) is 0.734. The van der Waals surface area contributed by atoms with Gasteiger partial charge < -0.3 is 14.5 Å². The standard InChI is InChI=1S/C21H17N3O3/c1-26-17-10-3-2-9-16(17)20(25)23-15-8-6-7-14(13-15)21-24-19-18(27-21)11-4-5-12-22-19/h2-3,5-13H,4H2,1H3,(H,23,25). The first-order valence-corrected chi connectivity index (χ1v) is 8.49. The van der Waals surface area contributed by atoms with Crippen LogP contribution < -0.4 is 21.0 Å². The molecule has 1 aliphatic rings. The highest BCUT2D eigenvalue weighted by molar-refractivity contribution is 6.06. The number of rotatable bonds is 4. The van der Waals surface area contributed by atoms with Crippen molar-refractivity contribution in [2.45, 2.75) is 6.42 Å². The van der Waals surface area contributed by atoms with Crippen LogP contribution in [0, 0.1) is 0 Å². The molecular weight excluding hydrogens is 342 g/mol. The summed E-state index contributed by atoms with van der Waals surface area (Å²) in [5, 5.41) is 2.88. The molecule has 0 fully saturated rings. The molecule has 0 spiro atoms. The van der Waals surface area contributed by atoms with Gasteiger partial charge in [-0.3, -0.25) is 4.79 Å². The SMILES string of the molecule is COc1ccccc1C(=O)Nc1cccc(-c2nc3c(o2)=CCC=CN=3)c1. The maximum Gasteiger partial charge on any atom is 0.259 e. The smallest absolute Gasteiger partial charge is 0.259 e. The van der Waals surface area contributed by atoms with E-state index in [0.717, 1.165) is 12.0 Å². The van der Waals surface area contributed by atoms with Crippen LogP contribution in [0.15, 0.2) is 70.2 Å². The van der Waals surface area contributed by atoms with Crippen LogP contribution in [-0.4, -0.2) is 18.0 Å². The number of benzene rings is 2. The van der Waals surface area contributed by atoms with E-state index in [2.05, 4.69) is 15.3 Å². The lowest BCUT2D eigenvalue weighted by atomic mass is 10.1. The van der Waals surface area contributed by atoms with Gasteiger partial charge in [-0.1, -0.05) is 24.3 Å². The topological polar surface area (TPSA) is 76.7 Å². The third-order valence-corrected chi connectivity index (χ3v) is 4.10. The predicted molar refractivity (Wildman–Crippen MR) is 102 cm³/mol. The van der Waals surface area contributed by atoms with E-state index in [-0.39, 0.29) is 5.91 Å². The largest absolute Gasteiger partial charge is 0.496 e. The first-order chi connectivity index (χ1) is 13.2. The number of amides is 1. The van der Waals surface area contributed by atoms with Crippen molar-refractivity contribution in [1.82, 2.24) is 4.98 Å². The highest BCUT2D eigenvalue weighted by Crippen LogP contribution is 2.22. The number of hydrogen-bond acceptors (Lipinski definition) is 5. The Labute approximate surface area is 155 Å². The van der Waals surface area contributed by atoms with Crippen LogP contribution in [0.5, 0.6) is 5.75 Å². The molecule has 0 saturated carbocycles. The molecule has 6 heteroatoms. The van der Waals surface area contributed by atoms with E-state index in [1.807, 2.05) is 42.5 Å². The van der Waals surface area contributed by atoms with Crippen LogP contribution in [0.1, 0.15) is 16.8 Å². The van der Waals surface area contributed by atoms with Crippen LogP contribution in [0.3, 0.4) is 0 Å². The molecule has 27 heavy (non-hydrogen) atoms. The Kier molecular flexibility index (Phi) is 4.53. The molecular formula is C21H17N3O3. The zero-order chi connectivity index (χ0) is 18.6. The molecule has 0 radical (unpaired) electrons. The summed E-state index contributed by atoms with van der Waals surface area (Å²) in [5.41, 5.74) is 3.07. The lowest BCUT2D eigenvalue weighted by molar-refractivity contribution is 0.102. The lowest BCUT2D eigenvalue weighted by Crippen LogP contribution is -2.21. The first kappa shape index (κ1) is 16.8. The van der Waals surface area contributed by atoms with Gasteiger partial charge in [-0.15, -0.1) is 0 Å². The van der Waals surface area contributed by atoms with Crippen molar-refractivity contribution in [3.05, 3.63) is 77.3 Å². The Balaban J connectivity index is 1.63. The van der Waals surface area contributed by atoms with Gasteiger partial charge in [-0.25, -0.2) is 4.99 Å². The number of ether oxygens (including phenoxy) is 1. The number of methoxy groups -OCH3 is 1. The van der Waals surface area contributed by atoms with Crippen LogP contribution in [0.4, 0.5) is 5.69 Å². The number of anilines is 1. The second kappa shape index (κ2) is 7.29. The maximum absolute atomic E-state index is 12.6. The zero-order valence-electron chi connectivity index (χ0n) is 14.7. The number of para-hydroxylation sites is 1. The minimum atomic E-state index is -0.249. The summed E-state index contributed by atoms with van der Waals surface area (Å²) in [6, 6.07) is 14.4. The highest BCUT2D eigenvalue weighted by Gasteiger charge is 2.13. The van der Waals surface area contributed by atoms with Crippen LogP contribution >= 0.6 is 0 Å². The van der Waals surface area contributed by atoms with E-state index in [4.69, 9.17) is 9.15 Å². The van der Waals surface area contributed by atoms with Crippen LogP contribution in [-0.2, 0) is 0 Å². The molecule has 0 atom stereocenters. The number of nitrogens with zero attached hydrogens (tertiary/aromatic N) is 2. The van der Waals surface area contributed by atoms with Crippen LogP contribution in [0.2, 0.25) is 0 Å². The summed E-state index contributed by atoms with van der Waals surface area (Å²) in [6.07, 6.45) is 6.34. The molecule has 3 aromatic rings. The monoisotopic (exact) mass is 359 g/mol. The predicted octanol–water partition coefficient (Wildman–Crippen LogP) is 2.92. The molecule has 1 N–H and O–H groups in total. The van der Waals surface area contributed by atoms with E-state index in [1.54, 1.807) is 24.4 Å². The number of fused-ring (bicyclic) bond motifs is 1. The quantitative estimate of drug-likeness (QED) is 0.777. The van der Waals surface area contributed by atoms with E-state index in [1.165, 1.54) is 7.11 Å². The minimum Gasteiger partial charge on any atom is -0.496 e. The summed E-state index contributed by atoms with van der Waals surface area (Å²) in [6.45, 7) is 0. The van der Waals surface area contributed by atoms with Gasteiger partial charge in [-0.05, 0) is 42.8 Å². The van der Waals surface area contributed by atoms with Gasteiger partial charge in [0.05, 0.1) is 12.7 Å². The Morgan fingerprint density at radius 1 is 1.19 bits per heavy atom. The number of aromatic nitrogens is 1. The Morgan fingerprint density at radius 2 is 2.07 bits per heavy atom. The highest BCUT2D eigenvalue weighted by atomic mass is 16.5. The molecule has 0 aliphatic carbocycles. The molecule has 2 heterocycles. The number of carbonyl (C=O) groups excluding carboxylic acids is 1. The molecule has 1 aliphatic heterocycles. The minimum absolute atomic E-state index is 0.249. The summed E-state index contributed by atoms with van der Waals surface area (Å²) < 4.78 is 11.1. The van der Waals surface area contributed by atoms with Crippen molar-refractivity contribution >= 4 is 17.7 Å². The Bertz CT molecular complexity index is 1150. The van der Waals surface area contributed by atoms with Gasteiger partial charge in [0.2, 0.25) is 5.89 Å². The van der Waals surface area contributed by atoms with E-state index in [0.29, 0.717) is 33.8 Å². The molecule has 4 rings (SSSR count). The number of oxazole rings is 1. The van der Waals surface area contributed by atoms with E-state index in [9.17, 15) is 4.79 Å². The summed E-state index contributed by atoms with van der Waals surface area (Å²) >= 11 is 0. The molecule has 1 amide bonds. The average molecular weight is 359 g/mol. The fourth-order valence-electron chi connectivity index (χ4n) is 2.79. The normalized spacial score (nSPS) is 12.3. The number of allylic oxidation sites excluding steroid dienone is 1. The van der Waals surface area contributed by atoms with Crippen molar-refractivity contribution < 1.29 is 13.9 Å².